The van der Waals surface area contributed by atoms with Crippen LogP contribution in [0.3, 0.4) is 0 Å². The fraction of sp³-hybridized carbons (Fsp3) is 0.300. The summed E-state index contributed by atoms with van der Waals surface area (Å²) in [6, 6.07) is 2.76. The molecule has 0 bridgehead atoms. The molecule has 14 heavy (non-hydrogen) atoms. The van der Waals surface area contributed by atoms with E-state index in [1.165, 1.54) is 19.1 Å². The van der Waals surface area contributed by atoms with Gasteiger partial charge in [0.05, 0.1) is 10.0 Å². The molecule has 0 aliphatic carbocycles. The van der Waals surface area contributed by atoms with Gasteiger partial charge in [-0.25, -0.2) is 0 Å². The van der Waals surface area contributed by atoms with Crippen LogP contribution in [0.4, 0.5) is 0 Å². The summed E-state index contributed by atoms with van der Waals surface area (Å²) in [6.07, 6.45) is 0. The highest BCUT2D eigenvalue weighted by atomic mass is 35.5. The van der Waals surface area contributed by atoms with E-state index in [1.807, 2.05) is 13.8 Å². The Morgan fingerprint density at radius 2 is 1.57 bits per heavy atom. The summed E-state index contributed by atoms with van der Waals surface area (Å²) in [5.74, 6) is -0.331. The van der Waals surface area contributed by atoms with Gasteiger partial charge in [-0.2, -0.15) is 0 Å². The molecule has 0 aromatic heterocycles. The molecule has 0 heterocycles. The summed E-state index contributed by atoms with van der Waals surface area (Å²) in [7, 11) is 0. The molecule has 1 rings (SSSR count). The van der Waals surface area contributed by atoms with Crippen LogP contribution in [-0.2, 0) is 0 Å². The molecule has 0 spiro atoms. The van der Waals surface area contributed by atoms with E-state index in [0.29, 0.717) is 5.56 Å². The number of carbonyl (C=O) groups excluding carboxylic acids is 1. The smallest absolute Gasteiger partial charge is 0.159 e. The van der Waals surface area contributed by atoms with Crippen molar-refractivity contribution in [2.45, 2.75) is 20.8 Å². The van der Waals surface area contributed by atoms with Crippen molar-refractivity contribution in [1.82, 2.24) is 0 Å². The molecular weight excluding hydrogens is 223 g/mol. The summed E-state index contributed by atoms with van der Waals surface area (Å²) < 4.78 is 0. The van der Waals surface area contributed by atoms with E-state index in [2.05, 4.69) is 0 Å². The van der Waals surface area contributed by atoms with Gasteiger partial charge in [-0.05, 0) is 19.1 Å². The van der Waals surface area contributed by atoms with E-state index in [-0.39, 0.29) is 21.6 Å². The van der Waals surface area contributed by atoms with Gasteiger partial charge in [0.25, 0.3) is 0 Å². The van der Waals surface area contributed by atoms with Gasteiger partial charge in [-0.3, -0.25) is 4.79 Å². The van der Waals surface area contributed by atoms with Gasteiger partial charge in [0.1, 0.15) is 0 Å². The first-order valence-corrected chi connectivity index (χ1v) is 4.97. The van der Waals surface area contributed by atoms with Crippen molar-refractivity contribution >= 4 is 29.0 Å². The number of Topliss-reactive ketones (excluding diaryl/α,β-unsaturated/α-hetero) is 1. The number of benzene rings is 1. The Bertz CT molecular complexity index is 312. The average molecular weight is 235 g/mol. The SMILES string of the molecule is CC.CC(=O)c1cc(Cl)c(O)c(Cl)c1. The molecule has 1 N–H and O–H groups in total. The number of rotatable bonds is 1. The molecule has 78 valence electrons. The number of hydrogen-bond acceptors (Lipinski definition) is 2. The molecule has 0 fully saturated rings. The minimum atomic E-state index is -0.191. The topological polar surface area (TPSA) is 37.3 Å². The summed E-state index contributed by atoms with van der Waals surface area (Å²) in [6.45, 7) is 5.40. The van der Waals surface area contributed by atoms with Crippen LogP contribution in [-0.4, -0.2) is 10.9 Å². The van der Waals surface area contributed by atoms with E-state index >= 15 is 0 Å². The maximum atomic E-state index is 10.9. The van der Waals surface area contributed by atoms with Crippen LogP contribution in [0, 0.1) is 0 Å². The zero-order chi connectivity index (χ0) is 11.3. The van der Waals surface area contributed by atoms with Gasteiger partial charge in [0.15, 0.2) is 11.5 Å². The molecule has 2 nitrogen and oxygen atoms in total. The summed E-state index contributed by atoms with van der Waals surface area (Å²) in [5.41, 5.74) is 0.391. The van der Waals surface area contributed by atoms with E-state index in [4.69, 9.17) is 28.3 Å². The molecule has 0 aliphatic heterocycles. The van der Waals surface area contributed by atoms with E-state index < -0.39 is 0 Å². The van der Waals surface area contributed by atoms with Gasteiger partial charge < -0.3 is 5.11 Å². The first-order valence-electron chi connectivity index (χ1n) is 4.21. The van der Waals surface area contributed by atoms with Gasteiger partial charge in [-0.1, -0.05) is 37.0 Å². The van der Waals surface area contributed by atoms with Crippen molar-refractivity contribution in [3.63, 3.8) is 0 Å². The minimum absolute atomic E-state index is 0.0905. The fourth-order valence-corrected chi connectivity index (χ4v) is 1.26. The number of phenolic OH excluding ortho intramolecular Hbond substituents is 1. The third-order valence-corrected chi connectivity index (χ3v) is 2.00. The highest BCUT2D eigenvalue weighted by Gasteiger charge is 2.08. The maximum absolute atomic E-state index is 10.9. The Kier molecular flexibility index (Phi) is 5.58. The zero-order valence-corrected chi connectivity index (χ0v) is 9.78. The van der Waals surface area contributed by atoms with Crippen LogP contribution in [0.15, 0.2) is 12.1 Å². The normalized spacial score (nSPS) is 8.93. The number of ketones is 1. The van der Waals surface area contributed by atoms with Crippen LogP contribution in [0.1, 0.15) is 31.1 Å². The molecule has 0 saturated heterocycles. The van der Waals surface area contributed by atoms with Crippen molar-refractivity contribution in [2.24, 2.45) is 0 Å². The number of phenols is 1. The third kappa shape index (κ3) is 3.20. The lowest BCUT2D eigenvalue weighted by atomic mass is 10.1. The van der Waals surface area contributed by atoms with E-state index in [9.17, 15) is 4.79 Å². The predicted octanol–water partition coefficient (Wildman–Crippen LogP) is 3.93. The van der Waals surface area contributed by atoms with Crippen molar-refractivity contribution in [3.05, 3.63) is 27.7 Å². The van der Waals surface area contributed by atoms with Gasteiger partial charge >= 0.3 is 0 Å². The quantitative estimate of drug-likeness (QED) is 0.749. The van der Waals surface area contributed by atoms with Crippen LogP contribution < -0.4 is 0 Å². The number of aromatic hydroxyl groups is 1. The number of carbonyl (C=O) groups is 1. The average Bonchev–Trinajstić information content (AvgIpc) is 2.16. The van der Waals surface area contributed by atoms with Gasteiger partial charge in [0.2, 0.25) is 0 Å². The maximum Gasteiger partial charge on any atom is 0.159 e. The standard InChI is InChI=1S/C8H6Cl2O2.C2H6/c1-4(11)5-2-6(9)8(12)7(10)3-5;1-2/h2-3,12H,1H3;1-2H3. The second-order valence-electron chi connectivity index (χ2n) is 2.34. The molecule has 0 unspecified atom stereocenters. The van der Waals surface area contributed by atoms with Crippen molar-refractivity contribution < 1.29 is 9.90 Å². The fourth-order valence-electron chi connectivity index (χ4n) is 0.769. The van der Waals surface area contributed by atoms with Crippen LogP contribution in [0.25, 0.3) is 0 Å². The highest BCUT2D eigenvalue weighted by Crippen LogP contribution is 2.32. The lowest BCUT2D eigenvalue weighted by Gasteiger charge is -2.01. The molecule has 1 aromatic rings. The first kappa shape index (κ1) is 13.3. The zero-order valence-electron chi connectivity index (χ0n) is 8.27. The second kappa shape index (κ2) is 5.89. The van der Waals surface area contributed by atoms with Gasteiger partial charge in [-0.15, -0.1) is 0 Å². The molecule has 0 saturated carbocycles. The Morgan fingerprint density at radius 1 is 1.21 bits per heavy atom. The molecule has 0 radical (unpaired) electrons. The van der Waals surface area contributed by atoms with Crippen LogP contribution in [0.2, 0.25) is 10.0 Å². The monoisotopic (exact) mass is 234 g/mol. The number of hydrogen-bond donors (Lipinski definition) is 1. The Balaban J connectivity index is 0.000000791. The molecule has 0 amide bonds. The minimum Gasteiger partial charge on any atom is -0.505 e. The predicted molar refractivity (Wildman–Crippen MR) is 59.5 cm³/mol. The van der Waals surface area contributed by atoms with E-state index in [0.717, 1.165) is 0 Å². The van der Waals surface area contributed by atoms with Crippen LogP contribution in [0.5, 0.6) is 5.75 Å². The molecule has 4 heteroatoms. The largest absolute Gasteiger partial charge is 0.505 e. The Labute approximate surface area is 93.5 Å². The third-order valence-electron chi connectivity index (χ3n) is 1.42. The van der Waals surface area contributed by atoms with Crippen molar-refractivity contribution in [2.75, 3.05) is 0 Å². The Hall–Kier alpha value is -0.730. The van der Waals surface area contributed by atoms with Crippen LogP contribution >= 0.6 is 23.2 Å². The van der Waals surface area contributed by atoms with E-state index in [1.54, 1.807) is 0 Å². The van der Waals surface area contributed by atoms with Crippen molar-refractivity contribution in [3.8, 4) is 5.75 Å². The van der Waals surface area contributed by atoms with Gasteiger partial charge in [0, 0.05) is 5.56 Å². The lowest BCUT2D eigenvalue weighted by Crippen LogP contribution is -1.91. The summed E-state index contributed by atoms with van der Waals surface area (Å²) >= 11 is 11.2. The first-order chi connectivity index (χ1) is 6.52. The molecule has 0 aliphatic rings. The summed E-state index contributed by atoms with van der Waals surface area (Å²) in [5, 5.41) is 9.32. The number of halogens is 2. The van der Waals surface area contributed by atoms with Crippen molar-refractivity contribution in [1.29, 1.82) is 0 Å². The summed E-state index contributed by atoms with van der Waals surface area (Å²) in [4.78, 5) is 10.9. The Morgan fingerprint density at radius 3 is 1.86 bits per heavy atom. The molecule has 0 atom stereocenters. The molecule has 1 aromatic carbocycles. The highest BCUT2D eigenvalue weighted by molar-refractivity contribution is 6.37. The lowest BCUT2D eigenvalue weighted by molar-refractivity contribution is 0.101. The second-order valence-corrected chi connectivity index (χ2v) is 3.16. The molecular formula is C10H12Cl2O2.